The smallest absolute Gasteiger partial charge is 0.407 e. The van der Waals surface area contributed by atoms with Crippen LogP contribution in [0, 0.1) is 0 Å². The van der Waals surface area contributed by atoms with E-state index in [9.17, 15) is 9.59 Å². The van der Waals surface area contributed by atoms with Gasteiger partial charge in [0.25, 0.3) is 0 Å². The monoisotopic (exact) mass is 191 g/mol. The van der Waals surface area contributed by atoms with E-state index in [4.69, 9.17) is 10.2 Å². The first-order valence-electron chi connectivity index (χ1n) is 3.88. The van der Waals surface area contributed by atoms with Gasteiger partial charge >= 0.3 is 12.1 Å². The lowest BCUT2D eigenvalue weighted by atomic mass is 10.2. The highest BCUT2D eigenvalue weighted by Gasteiger charge is 2.19. The maximum Gasteiger partial charge on any atom is 0.407 e. The predicted molar refractivity (Wildman–Crippen MR) is 43.3 cm³/mol. The number of carboxylic acids is 1. The van der Waals surface area contributed by atoms with Gasteiger partial charge in [0.05, 0.1) is 6.61 Å². The first-order valence-corrected chi connectivity index (χ1v) is 3.88. The number of rotatable bonds is 5. The second-order valence-corrected chi connectivity index (χ2v) is 2.27. The average molecular weight is 191 g/mol. The second-order valence-electron chi connectivity index (χ2n) is 2.27. The van der Waals surface area contributed by atoms with Crippen molar-refractivity contribution in [2.24, 2.45) is 0 Å². The summed E-state index contributed by atoms with van der Waals surface area (Å²) in [7, 11) is 0. The van der Waals surface area contributed by atoms with Crippen LogP contribution in [-0.4, -0.2) is 41.5 Å². The van der Waals surface area contributed by atoms with Crippen molar-refractivity contribution in [3.8, 4) is 0 Å². The van der Waals surface area contributed by atoms with Gasteiger partial charge in [0.2, 0.25) is 0 Å². The van der Waals surface area contributed by atoms with Gasteiger partial charge in [-0.05, 0) is 6.92 Å². The molecule has 6 nitrogen and oxygen atoms in total. The average Bonchev–Trinajstić information content (AvgIpc) is 2.04. The van der Waals surface area contributed by atoms with E-state index in [2.05, 4.69) is 10.1 Å². The molecule has 1 amide bonds. The molecule has 0 bridgehead atoms. The SMILES string of the molecule is CCOC(=O)N[C@H](CCO)C(=O)O. The van der Waals surface area contributed by atoms with Crippen molar-refractivity contribution in [2.45, 2.75) is 19.4 Å². The molecule has 0 saturated carbocycles. The number of carbonyl (C=O) groups excluding carboxylic acids is 1. The molecule has 0 aromatic carbocycles. The molecular formula is C7H13NO5. The van der Waals surface area contributed by atoms with Crippen LogP contribution in [0.15, 0.2) is 0 Å². The Hall–Kier alpha value is -1.30. The normalized spacial score (nSPS) is 11.8. The Morgan fingerprint density at radius 2 is 2.15 bits per heavy atom. The first-order chi connectivity index (χ1) is 6.11. The third-order valence-corrected chi connectivity index (χ3v) is 1.28. The summed E-state index contributed by atoms with van der Waals surface area (Å²) >= 11 is 0. The van der Waals surface area contributed by atoms with Crippen LogP contribution in [0.25, 0.3) is 0 Å². The van der Waals surface area contributed by atoms with Gasteiger partial charge < -0.3 is 20.3 Å². The molecule has 0 aromatic rings. The molecule has 0 radical (unpaired) electrons. The molecule has 13 heavy (non-hydrogen) atoms. The number of carboxylic acid groups (broad SMARTS) is 1. The molecule has 0 heterocycles. The second kappa shape index (κ2) is 6.24. The highest BCUT2D eigenvalue weighted by molar-refractivity contribution is 5.79. The zero-order valence-electron chi connectivity index (χ0n) is 7.32. The number of aliphatic carboxylic acids is 1. The van der Waals surface area contributed by atoms with Crippen LogP contribution in [-0.2, 0) is 9.53 Å². The Labute approximate surface area is 75.5 Å². The van der Waals surface area contributed by atoms with E-state index in [1.54, 1.807) is 6.92 Å². The van der Waals surface area contributed by atoms with E-state index >= 15 is 0 Å². The fraction of sp³-hybridized carbons (Fsp3) is 0.714. The van der Waals surface area contributed by atoms with Crippen LogP contribution in [0.2, 0.25) is 0 Å². The third kappa shape index (κ3) is 5.02. The van der Waals surface area contributed by atoms with E-state index in [1.165, 1.54) is 0 Å². The zero-order valence-corrected chi connectivity index (χ0v) is 7.32. The fourth-order valence-electron chi connectivity index (χ4n) is 0.702. The van der Waals surface area contributed by atoms with E-state index in [0.717, 1.165) is 0 Å². The number of aliphatic hydroxyl groups is 1. The number of carbonyl (C=O) groups is 2. The lowest BCUT2D eigenvalue weighted by molar-refractivity contribution is -0.139. The quantitative estimate of drug-likeness (QED) is 0.548. The van der Waals surface area contributed by atoms with Crippen LogP contribution in [0.1, 0.15) is 13.3 Å². The van der Waals surface area contributed by atoms with E-state index < -0.39 is 18.1 Å². The lowest BCUT2D eigenvalue weighted by Gasteiger charge is -2.12. The molecule has 76 valence electrons. The van der Waals surface area contributed by atoms with Crippen molar-refractivity contribution >= 4 is 12.1 Å². The topological polar surface area (TPSA) is 95.9 Å². The molecule has 0 rings (SSSR count). The summed E-state index contributed by atoms with van der Waals surface area (Å²) < 4.78 is 4.47. The summed E-state index contributed by atoms with van der Waals surface area (Å²) in [5, 5.41) is 19.1. The molecule has 0 saturated heterocycles. The van der Waals surface area contributed by atoms with Crippen LogP contribution < -0.4 is 5.32 Å². The van der Waals surface area contributed by atoms with Crippen molar-refractivity contribution in [1.29, 1.82) is 0 Å². The summed E-state index contributed by atoms with van der Waals surface area (Å²) in [5.74, 6) is -1.19. The van der Waals surface area contributed by atoms with Crippen LogP contribution in [0.3, 0.4) is 0 Å². The van der Waals surface area contributed by atoms with Crippen LogP contribution in [0.5, 0.6) is 0 Å². The molecule has 0 unspecified atom stereocenters. The standard InChI is InChI=1S/C7H13NO5/c1-2-13-7(12)8-5(3-4-9)6(10)11/h5,9H,2-4H2,1H3,(H,8,12)(H,10,11)/t5-/m1/s1. The van der Waals surface area contributed by atoms with Gasteiger partial charge in [0, 0.05) is 13.0 Å². The first kappa shape index (κ1) is 11.7. The zero-order chi connectivity index (χ0) is 10.3. The molecule has 0 aliphatic heterocycles. The van der Waals surface area contributed by atoms with Gasteiger partial charge in [-0.3, -0.25) is 0 Å². The Morgan fingerprint density at radius 1 is 1.54 bits per heavy atom. The highest BCUT2D eigenvalue weighted by Crippen LogP contribution is 1.92. The molecular weight excluding hydrogens is 178 g/mol. The van der Waals surface area contributed by atoms with Gasteiger partial charge in [-0.2, -0.15) is 0 Å². The van der Waals surface area contributed by atoms with Gasteiger partial charge in [-0.25, -0.2) is 9.59 Å². The number of aliphatic hydroxyl groups excluding tert-OH is 1. The maximum absolute atomic E-state index is 10.8. The summed E-state index contributed by atoms with van der Waals surface area (Å²) in [5.41, 5.74) is 0. The Kier molecular flexibility index (Phi) is 5.62. The number of alkyl carbamates (subject to hydrolysis) is 1. The van der Waals surface area contributed by atoms with Gasteiger partial charge in [-0.15, -0.1) is 0 Å². The molecule has 6 heteroatoms. The Morgan fingerprint density at radius 3 is 2.54 bits per heavy atom. The summed E-state index contributed by atoms with van der Waals surface area (Å²) in [6, 6.07) is -1.09. The molecule has 3 N–H and O–H groups in total. The molecule has 0 aliphatic rings. The minimum Gasteiger partial charge on any atom is -0.480 e. The number of ether oxygens (including phenoxy) is 1. The number of hydrogen-bond donors (Lipinski definition) is 3. The van der Waals surface area contributed by atoms with E-state index in [-0.39, 0.29) is 19.6 Å². The molecule has 0 spiro atoms. The van der Waals surface area contributed by atoms with E-state index in [1.807, 2.05) is 0 Å². The predicted octanol–water partition coefficient (Wildman–Crippen LogP) is -0.432. The van der Waals surface area contributed by atoms with Crippen molar-refractivity contribution in [1.82, 2.24) is 5.32 Å². The summed E-state index contributed by atoms with van der Waals surface area (Å²) in [4.78, 5) is 21.2. The number of amides is 1. The number of hydrogen-bond acceptors (Lipinski definition) is 4. The van der Waals surface area contributed by atoms with Crippen LogP contribution >= 0.6 is 0 Å². The molecule has 1 atom stereocenters. The fourth-order valence-corrected chi connectivity index (χ4v) is 0.702. The highest BCUT2D eigenvalue weighted by atomic mass is 16.5. The molecule has 0 fully saturated rings. The van der Waals surface area contributed by atoms with E-state index in [0.29, 0.717) is 0 Å². The summed E-state index contributed by atoms with van der Waals surface area (Å²) in [6.07, 6.45) is -0.822. The Bertz CT molecular complexity index is 182. The van der Waals surface area contributed by atoms with Crippen LogP contribution in [0.4, 0.5) is 4.79 Å². The van der Waals surface area contributed by atoms with Gasteiger partial charge in [-0.1, -0.05) is 0 Å². The lowest BCUT2D eigenvalue weighted by Crippen LogP contribution is -2.41. The van der Waals surface area contributed by atoms with Crippen molar-refractivity contribution in [3.63, 3.8) is 0 Å². The number of nitrogens with one attached hydrogen (secondary N) is 1. The third-order valence-electron chi connectivity index (χ3n) is 1.28. The molecule has 0 aromatic heterocycles. The van der Waals surface area contributed by atoms with Gasteiger partial charge in [0.15, 0.2) is 0 Å². The Balaban J connectivity index is 3.94. The van der Waals surface area contributed by atoms with Crippen molar-refractivity contribution in [3.05, 3.63) is 0 Å². The summed E-state index contributed by atoms with van der Waals surface area (Å²) in [6.45, 7) is 1.49. The minimum absolute atomic E-state index is 0.0336. The van der Waals surface area contributed by atoms with Crippen molar-refractivity contribution < 1.29 is 24.5 Å². The largest absolute Gasteiger partial charge is 0.480 e. The maximum atomic E-state index is 10.8. The van der Waals surface area contributed by atoms with Crippen molar-refractivity contribution in [2.75, 3.05) is 13.2 Å². The minimum atomic E-state index is -1.19. The van der Waals surface area contributed by atoms with Gasteiger partial charge in [0.1, 0.15) is 6.04 Å². The molecule has 0 aliphatic carbocycles.